The third-order valence-electron chi connectivity index (χ3n) is 8.28. The number of anilines is 2. The van der Waals surface area contributed by atoms with Gasteiger partial charge in [0.25, 0.3) is 0 Å². The van der Waals surface area contributed by atoms with Crippen molar-refractivity contribution in [1.82, 2.24) is 39.3 Å². The number of nitrogens with two attached hydrogens (primary N) is 1. The number of aromatic nitrogens is 8. The van der Waals surface area contributed by atoms with Gasteiger partial charge in [-0.25, -0.2) is 29.6 Å². The number of nitrogen functional groups attached to an aromatic ring is 1. The summed E-state index contributed by atoms with van der Waals surface area (Å²) in [5.41, 5.74) is 7.57. The maximum Gasteiger partial charge on any atom is 0.325 e. The van der Waals surface area contributed by atoms with Crippen molar-refractivity contribution < 1.29 is 47.6 Å². The molecule has 20 nitrogen and oxygen atoms in total. The molecule has 4 aliphatic rings. The lowest BCUT2D eigenvalue weighted by molar-refractivity contribution is -0.0630. The molecule has 8 rings (SSSR count). The Kier molecular flexibility index (Phi) is 8.05. The second kappa shape index (κ2) is 11.9. The van der Waals surface area contributed by atoms with Gasteiger partial charge in [-0.3, -0.25) is 13.6 Å². The number of rotatable bonds is 2. The highest BCUT2D eigenvalue weighted by Crippen LogP contribution is 2.54. The number of aliphatic hydroxyl groups is 2. The van der Waals surface area contributed by atoms with E-state index in [-0.39, 0.29) is 17.0 Å². The molecule has 24 heteroatoms. The summed E-state index contributed by atoms with van der Waals surface area (Å²) in [4.78, 5) is 43.4. The van der Waals surface area contributed by atoms with Gasteiger partial charge < -0.3 is 49.6 Å². The van der Waals surface area contributed by atoms with Gasteiger partial charge in [0, 0.05) is 6.54 Å². The Morgan fingerprint density at radius 3 is 2.38 bits per heavy atom. The summed E-state index contributed by atoms with van der Waals surface area (Å²) in [6.07, 6.45) is -4.88. The van der Waals surface area contributed by atoms with Crippen LogP contribution >= 0.6 is 13.4 Å². The van der Waals surface area contributed by atoms with Gasteiger partial charge in [0.2, 0.25) is 0 Å². The molecular weight excluding hydrogens is 702 g/mol. The molecule has 0 saturated carbocycles. The van der Waals surface area contributed by atoms with E-state index in [1.807, 2.05) is 0 Å². The molecule has 4 aliphatic heterocycles. The first-order valence-electron chi connectivity index (χ1n) is 14.4. The molecule has 2 unspecified atom stereocenters. The highest BCUT2D eigenvalue weighted by molar-refractivity contribution is 8.07. The van der Waals surface area contributed by atoms with Crippen molar-refractivity contribution >= 4 is 70.9 Å². The predicted molar refractivity (Wildman–Crippen MR) is 166 cm³/mol. The molecule has 10 atom stereocenters. The molecular formula is C23H28N10O10P2S2. The maximum atomic E-state index is 11.5. The van der Waals surface area contributed by atoms with E-state index in [1.165, 1.54) is 28.2 Å². The zero-order valence-corrected chi connectivity index (χ0v) is 27.4. The van der Waals surface area contributed by atoms with Gasteiger partial charge in [-0.15, -0.1) is 0 Å². The minimum absolute atomic E-state index is 0.110. The number of hydrogen-bond donors (Lipinski definition) is 6. The van der Waals surface area contributed by atoms with Crippen LogP contribution in [-0.2, 0) is 57.6 Å². The number of nitrogens with one attached hydrogen (secondary N) is 1. The first kappa shape index (κ1) is 31.8. The Morgan fingerprint density at radius 2 is 1.57 bits per heavy atom. The second-order valence-corrected chi connectivity index (χ2v) is 16.8. The lowest BCUT2D eigenvalue weighted by atomic mass is 10.1. The minimum Gasteiger partial charge on any atom is -0.387 e. The van der Waals surface area contributed by atoms with Gasteiger partial charge in [-0.05, 0) is 36.5 Å². The summed E-state index contributed by atoms with van der Waals surface area (Å²) >= 11 is 10.6. The maximum absolute atomic E-state index is 11.5. The van der Waals surface area contributed by atoms with Crippen LogP contribution in [0.25, 0.3) is 22.2 Å². The van der Waals surface area contributed by atoms with Gasteiger partial charge in [0.1, 0.15) is 60.6 Å². The molecule has 0 aromatic carbocycles. The molecule has 252 valence electrons. The number of hydrogen-bond acceptors (Lipinski definition) is 18. The SMILES string of the molecule is Nc1ncnc2c1ncn2[C@@H]1O[C@@H]2COP(O)(=S)O[C@H]3[C@@H](O)[C@H](n4nc5c6c(ncnc64)NCCC5)O[C@@H]3COP(O)(=S)O[C@@H]1[C@@H]2O. The van der Waals surface area contributed by atoms with Crippen LogP contribution in [0, 0.1) is 0 Å². The van der Waals surface area contributed by atoms with Crippen LogP contribution in [0.4, 0.5) is 11.6 Å². The lowest BCUT2D eigenvalue weighted by Crippen LogP contribution is -2.36. The number of ether oxygens (including phenoxy) is 2. The molecule has 0 spiro atoms. The second-order valence-electron chi connectivity index (χ2n) is 11.2. The lowest BCUT2D eigenvalue weighted by Gasteiger charge is -2.28. The number of aliphatic hydroxyl groups excluding tert-OH is 2. The molecule has 3 fully saturated rings. The summed E-state index contributed by atoms with van der Waals surface area (Å²) in [5.74, 6) is 0.719. The number of fused-ring (bicyclic) bond motifs is 4. The van der Waals surface area contributed by atoms with E-state index in [9.17, 15) is 20.0 Å². The quantitative estimate of drug-likeness (QED) is 0.140. The average molecular weight is 731 g/mol. The van der Waals surface area contributed by atoms with Crippen LogP contribution < -0.4 is 11.1 Å². The molecule has 3 saturated heterocycles. The summed E-state index contributed by atoms with van der Waals surface area (Å²) < 4.78 is 38.0. The van der Waals surface area contributed by atoms with Crippen LogP contribution in [0.5, 0.6) is 0 Å². The number of imidazole rings is 1. The summed E-state index contributed by atoms with van der Waals surface area (Å²) in [5, 5.41) is 31.4. The zero-order chi connectivity index (χ0) is 32.7. The largest absolute Gasteiger partial charge is 0.387 e. The van der Waals surface area contributed by atoms with Crippen LogP contribution in [0.1, 0.15) is 24.6 Å². The van der Waals surface area contributed by atoms with E-state index < -0.39 is 75.7 Å². The van der Waals surface area contributed by atoms with E-state index in [0.29, 0.717) is 35.5 Å². The zero-order valence-electron chi connectivity index (χ0n) is 24.0. The third-order valence-corrected chi connectivity index (χ3v) is 11.4. The molecule has 0 amide bonds. The summed E-state index contributed by atoms with van der Waals surface area (Å²) in [6.45, 7) is -8.55. The third kappa shape index (κ3) is 5.65. The highest BCUT2D eigenvalue weighted by atomic mass is 32.5. The Morgan fingerprint density at radius 1 is 0.872 bits per heavy atom. The van der Waals surface area contributed by atoms with Crippen LogP contribution in [0.15, 0.2) is 19.0 Å². The van der Waals surface area contributed by atoms with Crippen LogP contribution in [0.3, 0.4) is 0 Å². The van der Waals surface area contributed by atoms with Crippen LogP contribution in [-0.4, -0.2) is 116 Å². The standard InChI is InChI=1S/C23H28N10O10P2S2/c24-18-13-21(29-6-26-18)32(8-30-13)23-17-14(34)10(40-23)4-38-44(36,46)42-16-11(5-39-45(37,47)43-17)41-22(15(16)35)33-20-12-9(31-33)2-1-3-25-19(12)27-7-28-20/h6-8,10-11,14-17,22-23,34-35H,1-5H2,(H,36,46)(H,37,47)(H2,24,26,29)(H,25,27,28)/t10-,11-,14-,15-,16-,17-,22-,23-,44?,45?/m1/s1. The summed E-state index contributed by atoms with van der Waals surface area (Å²) in [7, 11) is 0. The van der Waals surface area contributed by atoms with E-state index >= 15 is 0 Å². The minimum atomic E-state index is -4.17. The van der Waals surface area contributed by atoms with Crippen molar-refractivity contribution in [3.63, 3.8) is 0 Å². The molecule has 47 heavy (non-hydrogen) atoms. The number of aryl methyl sites for hydroxylation is 1. The fourth-order valence-electron chi connectivity index (χ4n) is 6.13. The van der Waals surface area contributed by atoms with Gasteiger partial charge in [0.15, 0.2) is 29.6 Å². The first-order valence-corrected chi connectivity index (χ1v) is 19.6. The van der Waals surface area contributed by atoms with Crippen molar-refractivity contribution in [2.45, 2.75) is 61.9 Å². The number of nitrogens with zero attached hydrogens (tertiary/aromatic N) is 8. The van der Waals surface area contributed by atoms with Gasteiger partial charge in [-0.2, -0.15) is 5.10 Å². The van der Waals surface area contributed by atoms with Crippen molar-refractivity contribution in [2.24, 2.45) is 0 Å². The fraction of sp³-hybridized carbons (Fsp3) is 0.565. The monoisotopic (exact) mass is 730 g/mol. The van der Waals surface area contributed by atoms with E-state index in [0.717, 1.165) is 6.42 Å². The van der Waals surface area contributed by atoms with Gasteiger partial charge in [0.05, 0.1) is 30.6 Å². The van der Waals surface area contributed by atoms with Crippen molar-refractivity contribution in [3.8, 4) is 0 Å². The summed E-state index contributed by atoms with van der Waals surface area (Å²) in [6, 6.07) is 0. The van der Waals surface area contributed by atoms with Crippen LogP contribution in [0.2, 0.25) is 0 Å². The Bertz CT molecular complexity index is 1950. The Labute approximate surface area is 274 Å². The molecule has 4 aromatic heterocycles. The normalized spacial score (nSPS) is 37.9. The molecule has 0 aliphatic carbocycles. The molecule has 0 radical (unpaired) electrons. The van der Waals surface area contributed by atoms with E-state index in [2.05, 4.69) is 35.3 Å². The van der Waals surface area contributed by atoms with Gasteiger partial charge in [-0.1, -0.05) is 0 Å². The molecule has 7 N–H and O–H groups in total. The van der Waals surface area contributed by atoms with Crippen molar-refractivity contribution in [1.29, 1.82) is 0 Å². The first-order chi connectivity index (χ1) is 22.5. The molecule has 2 bridgehead atoms. The highest BCUT2D eigenvalue weighted by Gasteiger charge is 2.53. The smallest absolute Gasteiger partial charge is 0.325 e. The predicted octanol–water partition coefficient (Wildman–Crippen LogP) is -0.626. The Balaban J connectivity index is 1.11. The van der Waals surface area contributed by atoms with Crippen molar-refractivity contribution in [2.75, 3.05) is 30.8 Å². The van der Waals surface area contributed by atoms with E-state index in [1.54, 1.807) is 0 Å². The fourth-order valence-corrected chi connectivity index (χ4v) is 8.99. The molecule has 4 aromatic rings. The molecule has 8 heterocycles. The Hall–Kier alpha value is -2.40. The van der Waals surface area contributed by atoms with Gasteiger partial charge >= 0.3 is 13.4 Å². The topological polar surface area (TPSA) is 262 Å². The average Bonchev–Trinajstić information content (AvgIpc) is 3.74. The van der Waals surface area contributed by atoms with E-state index in [4.69, 9.17) is 56.9 Å². The van der Waals surface area contributed by atoms with Crippen molar-refractivity contribution in [3.05, 3.63) is 24.7 Å².